The van der Waals surface area contributed by atoms with Crippen LogP contribution in [-0.2, 0) is 47.7 Å². The van der Waals surface area contributed by atoms with E-state index in [2.05, 4.69) is 127 Å². The summed E-state index contributed by atoms with van der Waals surface area (Å²) in [4.78, 5) is 70.0. The first kappa shape index (κ1) is 96.1. The van der Waals surface area contributed by atoms with Crippen molar-refractivity contribution in [3.05, 3.63) is 234 Å². The normalized spacial score (nSPS) is 18.2. The van der Waals surface area contributed by atoms with Gasteiger partial charge in [-0.25, -0.2) is 45.6 Å². The number of pyridine rings is 2. The molecule has 4 fully saturated rings. The molecule has 0 radical (unpaired) electrons. The highest BCUT2D eigenvalue weighted by atomic mass is 35.5. The zero-order chi connectivity index (χ0) is 95.5. The van der Waals surface area contributed by atoms with Crippen molar-refractivity contribution in [2.24, 2.45) is 10.8 Å². The molecule has 6 aromatic heterocycles. The Kier molecular flexibility index (Phi) is 28.7. The number of allylic oxidation sites excluding steroid dienone is 2. The smallest absolute Gasteiger partial charge is 0.293 e. The van der Waals surface area contributed by atoms with Crippen molar-refractivity contribution in [1.29, 1.82) is 0 Å². The summed E-state index contributed by atoms with van der Waals surface area (Å²) in [6.07, 6.45) is 12.7. The van der Waals surface area contributed by atoms with Gasteiger partial charge in [-0.05, 0) is 187 Å². The van der Waals surface area contributed by atoms with Crippen LogP contribution in [0.25, 0.3) is 66.7 Å². The number of hydrogen-bond donors (Lipinski definition) is 7. The number of nitro benzene ring substituents is 2. The molecule has 2 aliphatic carbocycles. The molecule has 2 amide bonds. The number of halogens is 2. The number of piperazine rings is 2. The first-order valence-electron chi connectivity index (χ1n) is 46.0. The van der Waals surface area contributed by atoms with Gasteiger partial charge in [-0.3, -0.25) is 39.6 Å². The van der Waals surface area contributed by atoms with Gasteiger partial charge in [-0.15, -0.1) is 0 Å². The highest BCUT2D eigenvalue weighted by molar-refractivity contribution is 7.90. The lowest BCUT2D eigenvalue weighted by Crippen LogP contribution is -2.47. The summed E-state index contributed by atoms with van der Waals surface area (Å²) >= 11 is 12.5. The number of aliphatic hydroxyl groups is 1. The van der Waals surface area contributed by atoms with Crippen molar-refractivity contribution in [3.63, 3.8) is 0 Å². The fourth-order valence-electron chi connectivity index (χ4n) is 18.6. The number of carbonyl (C=O) groups is 2. The van der Waals surface area contributed by atoms with Crippen LogP contribution in [0.3, 0.4) is 0 Å². The van der Waals surface area contributed by atoms with E-state index >= 15 is 0 Å². The maximum atomic E-state index is 14.4. The summed E-state index contributed by atoms with van der Waals surface area (Å²) in [5.41, 5.74) is 13.8. The van der Waals surface area contributed by atoms with E-state index in [1.807, 2.05) is 77.5 Å². The van der Waals surface area contributed by atoms with Crippen LogP contribution in [0, 0.1) is 31.1 Å². The molecule has 0 spiro atoms. The van der Waals surface area contributed by atoms with Crippen LogP contribution < -0.4 is 40.5 Å². The summed E-state index contributed by atoms with van der Waals surface area (Å²) in [5.74, 6) is -1.88. The number of sulfonamides is 2. The van der Waals surface area contributed by atoms with Gasteiger partial charge in [0.05, 0.1) is 91.0 Å². The second kappa shape index (κ2) is 40.6. The average molecular weight is 1950 g/mol. The molecule has 136 heavy (non-hydrogen) atoms. The molecule has 0 unspecified atom stereocenters. The summed E-state index contributed by atoms with van der Waals surface area (Å²) in [6.45, 7) is 29.0. The molecular formula is C97H114Cl2N20O14S2Si. The molecular weight excluding hydrogens is 1830 g/mol. The van der Waals surface area contributed by atoms with Crippen LogP contribution >= 0.6 is 23.2 Å². The van der Waals surface area contributed by atoms with Gasteiger partial charge in [0.1, 0.15) is 47.2 Å². The molecule has 4 saturated heterocycles. The molecule has 0 bridgehead atoms. The number of carbonyl (C=O) groups excluding carboxylic acids is 2. The summed E-state index contributed by atoms with van der Waals surface area (Å²) in [7, 11) is -10.5. The second-order valence-corrected chi connectivity index (χ2v) is 48.3. The standard InChI is InChI=1S/C51H63ClN10O7SSi.C46H51ClN10O7S/c1-51(2)16-14-37(43(29-51)35-6-8-38(52)9-7-35)33-58-19-21-59(22-20-58)39-10-12-42(50(63)57-70(66,67)41-11-13-44(48(28-41)62(64)65)54-31-40-30-53-17-23-69-40)46(27-39)61-47-26-36-15-18-60(34-68-24-25-71(3,4)5)49(36)56-45(47)32-55-61;1-46(2)13-11-32(38(24-46)30-3-5-33(47)6-4-30)28-53-16-18-54(19-17-53)34-7-9-37(41(22-34)56-42-21-31-12-15-55(29-58)44(31)51-40(42)27-50-56)45(59)52-65(62,63)36-8-10-39(43(23-36)57(60)61)49-26-35-25-48-14-20-64-35/h6-13,15,18,26-28,32,40,53-54H,14,16-17,19-25,29-31,33-34H2,1-5H3,(H,57,63);3-10,12,15,21-23,27,35,48-49,58H,11,13-14,16-20,24-26,28-29H2,1-2H3,(H,52,59)/t40-;35-/m00/s1. The van der Waals surface area contributed by atoms with E-state index in [0.29, 0.717) is 105 Å². The zero-order valence-corrected chi connectivity index (χ0v) is 81.4. The topological polar surface area (TPSA) is 393 Å². The van der Waals surface area contributed by atoms with Gasteiger partial charge in [-0.1, -0.05) is 106 Å². The Morgan fingerprint density at radius 1 is 0.566 bits per heavy atom. The van der Waals surface area contributed by atoms with Gasteiger partial charge in [-0.2, -0.15) is 10.2 Å². The maximum absolute atomic E-state index is 14.4. The van der Waals surface area contributed by atoms with Gasteiger partial charge in [0.25, 0.3) is 43.2 Å². The van der Waals surface area contributed by atoms with Crippen molar-refractivity contribution in [2.75, 3.05) is 145 Å². The van der Waals surface area contributed by atoms with Crippen molar-refractivity contribution >= 4 is 153 Å². The number of fused-ring (bicyclic) bond motifs is 4. The number of benzene rings is 6. The van der Waals surface area contributed by atoms with Gasteiger partial charge < -0.3 is 59.5 Å². The fourth-order valence-corrected chi connectivity index (χ4v) is 21.6. The first-order valence-corrected chi connectivity index (χ1v) is 53.4. The number of morpholine rings is 2. The molecule has 12 aromatic rings. The number of nitrogens with one attached hydrogen (secondary N) is 6. The van der Waals surface area contributed by atoms with Crippen LogP contribution in [0.15, 0.2) is 191 Å². The summed E-state index contributed by atoms with van der Waals surface area (Å²) in [5, 5.41) is 59.1. The van der Waals surface area contributed by atoms with E-state index in [4.69, 9.17) is 52.5 Å². The van der Waals surface area contributed by atoms with Gasteiger partial charge in [0, 0.05) is 176 Å². The SMILES string of the molecule is CC1(C)CCC(CN2CCN(c3ccc(C(=O)NS(=O)(=O)c4ccc(NC[C@@H]5CNCCO5)c([N+](=O)[O-])c4)c(-n4ncc5nc6c(ccn6CO)cc54)c3)CC2)=C(c2ccc(Cl)cc2)C1.CC1(C)CCC(CN2CCN(c3ccc(C(=O)NS(=O)(=O)c4ccc(NC[C@@H]5CNCCO5)c([N+](=O)[O-])c4)c(-n4ncc5nc6c(ccn6COCC[Si](C)(C)C)cc54)c3)CC2)=C(c2ccc(Cl)cc2)C1. The quantitative estimate of drug-likeness (QED) is 0.00951. The summed E-state index contributed by atoms with van der Waals surface area (Å²) in [6, 6.07) is 42.5. The lowest BCUT2D eigenvalue weighted by atomic mass is 9.72. The number of aromatic nitrogens is 8. The minimum Gasteiger partial charge on any atom is -0.377 e. The number of nitro groups is 2. The number of aliphatic hydroxyl groups excluding tert-OH is 1. The molecule has 39 heteroatoms. The molecule has 2 atom stereocenters. The maximum Gasteiger partial charge on any atom is 0.293 e. The van der Waals surface area contributed by atoms with E-state index in [-0.39, 0.29) is 65.4 Å². The molecule has 18 rings (SSSR count). The Morgan fingerprint density at radius 2 is 0.993 bits per heavy atom. The Morgan fingerprint density at radius 3 is 1.40 bits per heavy atom. The number of hydrogen-bond acceptors (Lipinski definition) is 26. The Bertz CT molecular complexity index is 6810. The van der Waals surface area contributed by atoms with Crippen molar-refractivity contribution in [1.82, 2.24) is 68.5 Å². The van der Waals surface area contributed by atoms with Crippen LogP contribution in [-0.4, -0.2) is 237 Å². The van der Waals surface area contributed by atoms with E-state index < -0.39 is 70.9 Å². The molecule has 10 heterocycles. The van der Waals surface area contributed by atoms with Gasteiger partial charge in [0.15, 0.2) is 0 Å². The third-order valence-corrected chi connectivity index (χ3v) is 31.2. The monoisotopic (exact) mass is 1940 g/mol. The molecule has 0 saturated carbocycles. The number of anilines is 4. The average Bonchev–Trinajstić information content (AvgIpc) is 1.59. The highest BCUT2D eigenvalue weighted by Crippen LogP contribution is 2.46. The third kappa shape index (κ3) is 22.3. The number of nitrogens with zero attached hydrogens (tertiary/aromatic N) is 14. The van der Waals surface area contributed by atoms with Gasteiger partial charge >= 0.3 is 0 Å². The fraction of sp³-hybridized carbons (Fsp3) is 0.402. The van der Waals surface area contributed by atoms with E-state index in [1.165, 1.54) is 57.7 Å². The zero-order valence-electron chi connectivity index (χ0n) is 77.2. The first-order chi connectivity index (χ1) is 65.1. The summed E-state index contributed by atoms with van der Waals surface area (Å²) < 4.78 is 84.2. The van der Waals surface area contributed by atoms with Crippen LogP contribution in [0.4, 0.5) is 34.1 Å². The van der Waals surface area contributed by atoms with Crippen molar-refractivity contribution in [3.8, 4) is 11.4 Å². The van der Waals surface area contributed by atoms with E-state index in [9.17, 15) is 51.8 Å². The van der Waals surface area contributed by atoms with Crippen LogP contribution in [0.5, 0.6) is 0 Å². The molecule has 6 aromatic carbocycles. The Hall–Kier alpha value is -11.6. The minimum atomic E-state index is -4.61. The largest absolute Gasteiger partial charge is 0.377 e. The molecule has 7 N–H and O–H groups in total. The lowest BCUT2D eigenvalue weighted by molar-refractivity contribution is -0.384. The number of rotatable bonds is 30. The Labute approximate surface area is 800 Å². The van der Waals surface area contributed by atoms with Crippen LogP contribution in [0.2, 0.25) is 35.7 Å². The third-order valence-electron chi connectivity index (χ3n) is 26.3. The van der Waals surface area contributed by atoms with E-state index in [1.54, 1.807) is 50.7 Å². The van der Waals surface area contributed by atoms with Gasteiger partial charge in [0.2, 0.25) is 0 Å². The van der Waals surface area contributed by atoms with E-state index in [0.717, 1.165) is 147 Å². The number of amides is 2. The molecule has 34 nitrogen and oxygen atoms in total. The minimum absolute atomic E-state index is 0.00440. The van der Waals surface area contributed by atoms with Crippen LogP contribution in [0.1, 0.15) is 98.1 Å². The van der Waals surface area contributed by atoms with Crippen molar-refractivity contribution in [2.45, 2.75) is 127 Å². The highest BCUT2D eigenvalue weighted by Gasteiger charge is 2.36. The number of ether oxygens (including phenoxy) is 3. The second-order valence-electron chi connectivity index (χ2n) is 38.5. The molecule has 6 aliphatic rings. The predicted octanol–water partition coefficient (Wildman–Crippen LogP) is 14.7. The molecule has 4 aliphatic heterocycles. The predicted molar refractivity (Wildman–Crippen MR) is 532 cm³/mol. The van der Waals surface area contributed by atoms with Crippen molar-refractivity contribution < 1.29 is 55.6 Å². The Balaban J connectivity index is 0.000000189. The molecule has 716 valence electrons. The lowest BCUT2D eigenvalue weighted by Gasteiger charge is -2.39.